The van der Waals surface area contributed by atoms with E-state index in [1.807, 2.05) is 38.2 Å². The summed E-state index contributed by atoms with van der Waals surface area (Å²) in [4.78, 5) is 21.6. The van der Waals surface area contributed by atoms with Crippen LogP contribution in [-0.2, 0) is 17.9 Å². The van der Waals surface area contributed by atoms with Gasteiger partial charge in [0.2, 0.25) is 5.91 Å². The number of carbonyl (C=O) groups is 1. The third-order valence-corrected chi connectivity index (χ3v) is 4.97. The van der Waals surface area contributed by atoms with E-state index in [-0.39, 0.29) is 18.5 Å². The molecule has 3 heterocycles. The SMILES string of the molecule is Cc1cc(C)n(CC(=O)N[C@@H]2CN(Cc3ccccn3)C[C@H]2CN(C)C)n1. The molecule has 0 spiro atoms. The second-order valence-electron chi connectivity index (χ2n) is 7.80. The molecule has 1 amide bonds. The molecule has 7 nitrogen and oxygen atoms in total. The van der Waals surface area contributed by atoms with Crippen molar-refractivity contribution in [3.05, 3.63) is 47.5 Å². The summed E-state index contributed by atoms with van der Waals surface area (Å²) in [6.45, 7) is 7.76. The highest BCUT2D eigenvalue weighted by Crippen LogP contribution is 2.20. The van der Waals surface area contributed by atoms with E-state index in [1.54, 1.807) is 4.68 Å². The predicted octanol–water partition coefficient (Wildman–Crippen LogP) is 1.07. The zero-order valence-electron chi connectivity index (χ0n) is 16.7. The van der Waals surface area contributed by atoms with E-state index in [0.717, 1.165) is 43.3 Å². The van der Waals surface area contributed by atoms with Gasteiger partial charge < -0.3 is 10.2 Å². The molecule has 0 unspecified atom stereocenters. The molecular weight excluding hydrogens is 340 g/mol. The highest BCUT2D eigenvalue weighted by atomic mass is 16.2. The number of likely N-dealkylation sites (tertiary alicyclic amines) is 1. The van der Waals surface area contributed by atoms with Gasteiger partial charge in [0.1, 0.15) is 6.54 Å². The summed E-state index contributed by atoms with van der Waals surface area (Å²) in [5, 5.41) is 7.64. The van der Waals surface area contributed by atoms with Crippen molar-refractivity contribution >= 4 is 5.91 Å². The van der Waals surface area contributed by atoms with Gasteiger partial charge in [-0.25, -0.2) is 0 Å². The topological polar surface area (TPSA) is 66.3 Å². The van der Waals surface area contributed by atoms with Crippen molar-refractivity contribution in [3.8, 4) is 0 Å². The van der Waals surface area contributed by atoms with Gasteiger partial charge in [-0.1, -0.05) is 6.07 Å². The summed E-state index contributed by atoms with van der Waals surface area (Å²) < 4.78 is 1.77. The van der Waals surface area contributed by atoms with Crippen LogP contribution in [0.25, 0.3) is 0 Å². The Morgan fingerprint density at radius 2 is 2.11 bits per heavy atom. The Kier molecular flexibility index (Phi) is 6.23. The van der Waals surface area contributed by atoms with Gasteiger partial charge in [0.25, 0.3) is 0 Å². The summed E-state index contributed by atoms with van der Waals surface area (Å²) in [5.74, 6) is 0.419. The fourth-order valence-electron chi connectivity index (χ4n) is 3.85. The number of rotatable bonds is 7. The highest BCUT2D eigenvalue weighted by molar-refractivity contribution is 5.76. The van der Waals surface area contributed by atoms with Crippen molar-refractivity contribution in [1.82, 2.24) is 29.9 Å². The molecule has 2 atom stereocenters. The molecule has 1 aliphatic heterocycles. The zero-order valence-corrected chi connectivity index (χ0v) is 16.7. The van der Waals surface area contributed by atoms with Crippen molar-refractivity contribution in [1.29, 1.82) is 0 Å². The molecule has 2 aromatic heterocycles. The lowest BCUT2D eigenvalue weighted by Gasteiger charge is -2.23. The molecule has 2 aromatic rings. The van der Waals surface area contributed by atoms with Crippen LogP contribution in [0.2, 0.25) is 0 Å². The average Bonchev–Trinajstić information content (AvgIpc) is 3.10. The number of amides is 1. The van der Waals surface area contributed by atoms with E-state index in [0.29, 0.717) is 5.92 Å². The van der Waals surface area contributed by atoms with Crippen LogP contribution < -0.4 is 5.32 Å². The molecule has 0 bridgehead atoms. The molecule has 0 saturated carbocycles. The van der Waals surface area contributed by atoms with Crippen LogP contribution in [0.3, 0.4) is 0 Å². The summed E-state index contributed by atoms with van der Waals surface area (Å²) in [6, 6.07) is 8.14. The molecule has 27 heavy (non-hydrogen) atoms. The number of pyridine rings is 1. The number of aryl methyl sites for hydroxylation is 2. The highest BCUT2D eigenvalue weighted by Gasteiger charge is 2.34. The first-order valence-corrected chi connectivity index (χ1v) is 9.48. The van der Waals surface area contributed by atoms with E-state index in [2.05, 4.69) is 45.4 Å². The molecule has 0 radical (unpaired) electrons. The lowest BCUT2D eigenvalue weighted by atomic mass is 10.0. The largest absolute Gasteiger partial charge is 0.350 e. The summed E-state index contributed by atoms with van der Waals surface area (Å²) in [7, 11) is 4.16. The third-order valence-electron chi connectivity index (χ3n) is 4.97. The van der Waals surface area contributed by atoms with Gasteiger partial charge in [-0.2, -0.15) is 5.10 Å². The Morgan fingerprint density at radius 1 is 1.30 bits per heavy atom. The number of nitrogens with one attached hydrogen (secondary N) is 1. The van der Waals surface area contributed by atoms with Crippen LogP contribution in [0, 0.1) is 19.8 Å². The zero-order chi connectivity index (χ0) is 19.4. The quantitative estimate of drug-likeness (QED) is 0.790. The maximum absolute atomic E-state index is 12.6. The Balaban J connectivity index is 1.62. The molecule has 0 aliphatic carbocycles. The maximum Gasteiger partial charge on any atom is 0.242 e. The predicted molar refractivity (Wildman–Crippen MR) is 105 cm³/mol. The van der Waals surface area contributed by atoms with Gasteiger partial charge in [0, 0.05) is 50.0 Å². The fourth-order valence-corrected chi connectivity index (χ4v) is 3.85. The lowest BCUT2D eigenvalue weighted by molar-refractivity contribution is -0.122. The Morgan fingerprint density at radius 3 is 2.74 bits per heavy atom. The Hall–Kier alpha value is -2.25. The van der Waals surface area contributed by atoms with E-state index < -0.39 is 0 Å². The Bertz CT molecular complexity index is 757. The fraction of sp³-hybridized carbons (Fsp3) is 0.550. The van der Waals surface area contributed by atoms with Gasteiger partial charge in [-0.3, -0.25) is 19.4 Å². The number of carbonyl (C=O) groups excluding carboxylic acids is 1. The molecule has 7 heteroatoms. The van der Waals surface area contributed by atoms with E-state index in [1.165, 1.54) is 0 Å². The number of hydrogen-bond acceptors (Lipinski definition) is 5. The molecule has 1 fully saturated rings. The van der Waals surface area contributed by atoms with E-state index >= 15 is 0 Å². The monoisotopic (exact) mass is 370 g/mol. The number of nitrogens with zero attached hydrogens (tertiary/aromatic N) is 5. The molecule has 1 N–H and O–H groups in total. The maximum atomic E-state index is 12.6. The first kappa shape index (κ1) is 19.5. The van der Waals surface area contributed by atoms with Crippen molar-refractivity contribution in [2.75, 3.05) is 33.7 Å². The van der Waals surface area contributed by atoms with Gasteiger partial charge in [0.05, 0.1) is 11.4 Å². The smallest absolute Gasteiger partial charge is 0.242 e. The first-order valence-electron chi connectivity index (χ1n) is 9.48. The van der Waals surface area contributed by atoms with Crippen LogP contribution in [0.1, 0.15) is 17.1 Å². The summed E-state index contributed by atoms with van der Waals surface area (Å²) in [5.41, 5.74) is 3.01. The molecular formula is C20H30N6O. The minimum Gasteiger partial charge on any atom is -0.350 e. The van der Waals surface area contributed by atoms with Gasteiger partial charge in [-0.05, 0) is 46.1 Å². The molecule has 146 valence electrons. The van der Waals surface area contributed by atoms with Crippen LogP contribution in [-0.4, -0.2) is 70.2 Å². The molecule has 1 saturated heterocycles. The van der Waals surface area contributed by atoms with Gasteiger partial charge >= 0.3 is 0 Å². The van der Waals surface area contributed by atoms with E-state index in [4.69, 9.17) is 0 Å². The van der Waals surface area contributed by atoms with Gasteiger partial charge in [-0.15, -0.1) is 0 Å². The minimum absolute atomic E-state index is 0.0228. The summed E-state index contributed by atoms with van der Waals surface area (Å²) in [6.07, 6.45) is 1.83. The van der Waals surface area contributed by atoms with Crippen molar-refractivity contribution < 1.29 is 4.79 Å². The number of hydrogen-bond donors (Lipinski definition) is 1. The molecule has 1 aliphatic rings. The second kappa shape index (κ2) is 8.63. The van der Waals surface area contributed by atoms with Crippen LogP contribution in [0.15, 0.2) is 30.5 Å². The van der Waals surface area contributed by atoms with Gasteiger partial charge in [0.15, 0.2) is 0 Å². The van der Waals surface area contributed by atoms with Crippen molar-refractivity contribution in [2.45, 2.75) is 33.0 Å². The first-order chi connectivity index (χ1) is 12.9. The molecule has 3 rings (SSSR count). The standard InChI is InChI=1S/C20H30N6O/c1-15-9-16(2)26(23-15)14-20(27)22-19-13-25(11-17(19)10-24(3)4)12-18-7-5-6-8-21-18/h5-9,17,19H,10-14H2,1-4H3,(H,22,27)/t17-,19-/m1/s1. The van der Waals surface area contributed by atoms with Crippen molar-refractivity contribution in [3.63, 3.8) is 0 Å². The second-order valence-corrected chi connectivity index (χ2v) is 7.80. The molecule has 0 aromatic carbocycles. The van der Waals surface area contributed by atoms with E-state index in [9.17, 15) is 4.79 Å². The number of aromatic nitrogens is 3. The van der Waals surface area contributed by atoms with Crippen LogP contribution in [0.5, 0.6) is 0 Å². The van der Waals surface area contributed by atoms with Crippen molar-refractivity contribution in [2.24, 2.45) is 5.92 Å². The third kappa shape index (κ3) is 5.37. The minimum atomic E-state index is 0.0228. The normalized spacial score (nSPS) is 20.3. The average molecular weight is 371 g/mol. The lowest BCUT2D eigenvalue weighted by Crippen LogP contribution is -2.44. The van der Waals surface area contributed by atoms with Crippen LogP contribution >= 0.6 is 0 Å². The summed E-state index contributed by atoms with van der Waals surface area (Å²) >= 11 is 0. The van der Waals surface area contributed by atoms with Crippen LogP contribution in [0.4, 0.5) is 0 Å². The Labute approximate surface area is 161 Å².